The first-order valence-corrected chi connectivity index (χ1v) is 7.42. The first kappa shape index (κ1) is 15.9. The van der Waals surface area contributed by atoms with Crippen molar-refractivity contribution in [2.24, 2.45) is 0 Å². The maximum Gasteiger partial charge on any atom is 0.174 e. The van der Waals surface area contributed by atoms with Gasteiger partial charge < -0.3 is 9.47 Å². The normalized spacial score (nSPS) is 10.3. The van der Waals surface area contributed by atoms with Crippen molar-refractivity contribution >= 4 is 33.3 Å². The van der Waals surface area contributed by atoms with Crippen LogP contribution in [0.4, 0.5) is 0 Å². The summed E-state index contributed by atoms with van der Waals surface area (Å²) in [5.41, 5.74) is 1.19. The van der Waals surface area contributed by atoms with Crippen molar-refractivity contribution in [3.63, 3.8) is 0 Å². The molecular weight excluding hydrogens is 356 g/mol. The third kappa shape index (κ3) is 3.57. The molecule has 0 saturated carbocycles. The van der Waals surface area contributed by atoms with Gasteiger partial charge in [0, 0.05) is 15.9 Å². The molecule has 21 heavy (non-hydrogen) atoms. The second kappa shape index (κ2) is 6.96. The predicted molar refractivity (Wildman–Crippen MR) is 86.7 cm³/mol. The monoisotopic (exact) mass is 368 g/mol. The van der Waals surface area contributed by atoms with E-state index in [0.29, 0.717) is 22.1 Å². The molecular formula is C16H14BrClO3. The number of Topliss-reactive ketones (excluding diaryl/α,β-unsaturated/α-hetero) is 1. The SMILES string of the molecule is COc1cccc(OC)c1C(=O)Cc1ccc(Br)cc1Cl. The number of hydrogen-bond acceptors (Lipinski definition) is 3. The van der Waals surface area contributed by atoms with Gasteiger partial charge in [0.15, 0.2) is 5.78 Å². The Labute approximate surface area is 137 Å². The molecule has 0 fully saturated rings. The first-order chi connectivity index (χ1) is 10.1. The number of methoxy groups -OCH3 is 2. The Morgan fingerprint density at radius 2 is 1.76 bits per heavy atom. The van der Waals surface area contributed by atoms with Crippen LogP contribution in [0.5, 0.6) is 11.5 Å². The molecule has 0 aromatic heterocycles. The average Bonchev–Trinajstić information content (AvgIpc) is 2.49. The summed E-state index contributed by atoms with van der Waals surface area (Å²) < 4.78 is 11.4. The fourth-order valence-corrected chi connectivity index (χ4v) is 2.79. The standard InChI is InChI=1S/C16H14BrClO3/c1-20-14-4-3-5-15(21-2)16(14)13(19)8-10-6-7-11(17)9-12(10)18/h3-7,9H,8H2,1-2H3. The quantitative estimate of drug-likeness (QED) is 0.726. The molecule has 0 amide bonds. The lowest BCUT2D eigenvalue weighted by Gasteiger charge is -2.12. The van der Waals surface area contributed by atoms with E-state index in [1.54, 1.807) is 24.3 Å². The number of carbonyl (C=O) groups is 1. The third-order valence-corrected chi connectivity index (χ3v) is 3.92. The molecule has 0 bridgehead atoms. The van der Waals surface area contributed by atoms with Gasteiger partial charge in [0.2, 0.25) is 0 Å². The highest BCUT2D eigenvalue weighted by Gasteiger charge is 2.19. The van der Waals surface area contributed by atoms with E-state index in [4.69, 9.17) is 21.1 Å². The number of hydrogen-bond donors (Lipinski definition) is 0. The van der Waals surface area contributed by atoms with Crippen LogP contribution in [-0.2, 0) is 6.42 Å². The highest BCUT2D eigenvalue weighted by Crippen LogP contribution is 2.31. The zero-order valence-corrected chi connectivity index (χ0v) is 14.0. The van der Waals surface area contributed by atoms with Gasteiger partial charge in [0.25, 0.3) is 0 Å². The Kier molecular flexibility index (Phi) is 5.26. The molecule has 0 N–H and O–H groups in total. The van der Waals surface area contributed by atoms with Gasteiger partial charge in [0.05, 0.1) is 14.2 Å². The van der Waals surface area contributed by atoms with Crippen molar-refractivity contribution in [3.05, 3.63) is 57.0 Å². The van der Waals surface area contributed by atoms with Crippen LogP contribution in [0.25, 0.3) is 0 Å². The molecule has 0 aliphatic rings. The van der Waals surface area contributed by atoms with E-state index >= 15 is 0 Å². The smallest absolute Gasteiger partial charge is 0.174 e. The average molecular weight is 370 g/mol. The van der Waals surface area contributed by atoms with Crippen molar-refractivity contribution in [1.29, 1.82) is 0 Å². The summed E-state index contributed by atoms with van der Waals surface area (Å²) in [7, 11) is 3.05. The van der Waals surface area contributed by atoms with Crippen LogP contribution < -0.4 is 9.47 Å². The number of benzene rings is 2. The van der Waals surface area contributed by atoms with Crippen LogP contribution in [0, 0.1) is 0 Å². The van der Waals surface area contributed by atoms with Gasteiger partial charge in [-0.05, 0) is 29.8 Å². The zero-order valence-electron chi connectivity index (χ0n) is 11.7. The van der Waals surface area contributed by atoms with Gasteiger partial charge in [0.1, 0.15) is 17.1 Å². The van der Waals surface area contributed by atoms with Crippen molar-refractivity contribution in [2.75, 3.05) is 14.2 Å². The molecule has 3 nitrogen and oxygen atoms in total. The number of halogens is 2. The van der Waals surface area contributed by atoms with Gasteiger partial charge in [-0.25, -0.2) is 0 Å². The number of rotatable bonds is 5. The summed E-state index contributed by atoms with van der Waals surface area (Å²) in [6, 6.07) is 10.7. The molecule has 0 spiro atoms. The van der Waals surface area contributed by atoms with E-state index in [0.717, 1.165) is 10.0 Å². The molecule has 0 unspecified atom stereocenters. The van der Waals surface area contributed by atoms with Gasteiger partial charge in [-0.1, -0.05) is 39.7 Å². The summed E-state index contributed by atoms with van der Waals surface area (Å²) in [6.07, 6.45) is 0.183. The second-order valence-corrected chi connectivity index (χ2v) is 5.70. The molecule has 0 saturated heterocycles. The van der Waals surface area contributed by atoms with Crippen LogP contribution in [0.1, 0.15) is 15.9 Å². The summed E-state index contributed by atoms with van der Waals surface area (Å²) in [5.74, 6) is 0.883. The molecule has 0 atom stereocenters. The molecule has 0 aliphatic carbocycles. The maximum absolute atomic E-state index is 12.6. The molecule has 0 heterocycles. The maximum atomic E-state index is 12.6. The van der Waals surface area contributed by atoms with E-state index < -0.39 is 0 Å². The molecule has 110 valence electrons. The minimum atomic E-state index is -0.103. The molecule has 5 heteroatoms. The predicted octanol–water partition coefficient (Wildman–Crippen LogP) is 4.55. The summed E-state index contributed by atoms with van der Waals surface area (Å²) >= 11 is 9.51. The van der Waals surface area contributed by atoms with Gasteiger partial charge in [-0.2, -0.15) is 0 Å². The van der Waals surface area contributed by atoms with E-state index in [-0.39, 0.29) is 12.2 Å². The minimum absolute atomic E-state index is 0.103. The van der Waals surface area contributed by atoms with Crippen molar-refractivity contribution in [2.45, 2.75) is 6.42 Å². The fourth-order valence-electron chi connectivity index (χ4n) is 2.05. The van der Waals surface area contributed by atoms with Crippen LogP contribution in [0.15, 0.2) is 40.9 Å². The second-order valence-electron chi connectivity index (χ2n) is 4.37. The van der Waals surface area contributed by atoms with Crippen molar-refractivity contribution < 1.29 is 14.3 Å². The lowest BCUT2D eigenvalue weighted by atomic mass is 10.0. The third-order valence-electron chi connectivity index (χ3n) is 3.07. The van der Waals surface area contributed by atoms with E-state index in [9.17, 15) is 4.79 Å². The first-order valence-electron chi connectivity index (χ1n) is 6.25. The highest BCUT2D eigenvalue weighted by atomic mass is 79.9. The molecule has 2 aromatic carbocycles. The zero-order chi connectivity index (χ0) is 15.4. The summed E-state index contributed by atoms with van der Waals surface area (Å²) in [5, 5.41) is 0.548. The number of ether oxygens (including phenoxy) is 2. The van der Waals surface area contributed by atoms with Crippen LogP contribution in [-0.4, -0.2) is 20.0 Å². The molecule has 0 aliphatic heterocycles. The van der Waals surface area contributed by atoms with Gasteiger partial charge >= 0.3 is 0 Å². The molecule has 2 aromatic rings. The Bertz CT molecular complexity index is 648. The highest BCUT2D eigenvalue weighted by molar-refractivity contribution is 9.10. The Morgan fingerprint density at radius 3 is 2.29 bits per heavy atom. The lowest BCUT2D eigenvalue weighted by molar-refractivity contribution is 0.0987. The Hall–Kier alpha value is -1.52. The summed E-state index contributed by atoms with van der Waals surface area (Å²) in [6.45, 7) is 0. The number of ketones is 1. The van der Waals surface area contributed by atoms with E-state index in [1.165, 1.54) is 14.2 Å². The largest absolute Gasteiger partial charge is 0.496 e. The minimum Gasteiger partial charge on any atom is -0.496 e. The van der Waals surface area contributed by atoms with Gasteiger partial charge in [-0.15, -0.1) is 0 Å². The Balaban J connectivity index is 2.36. The van der Waals surface area contributed by atoms with Crippen LogP contribution >= 0.6 is 27.5 Å². The fraction of sp³-hybridized carbons (Fsp3) is 0.188. The molecule has 2 rings (SSSR count). The Morgan fingerprint density at radius 1 is 1.14 bits per heavy atom. The van der Waals surface area contributed by atoms with Crippen molar-refractivity contribution in [1.82, 2.24) is 0 Å². The number of carbonyl (C=O) groups excluding carboxylic acids is 1. The topological polar surface area (TPSA) is 35.5 Å². The van der Waals surface area contributed by atoms with Crippen LogP contribution in [0.2, 0.25) is 5.02 Å². The molecule has 0 radical (unpaired) electrons. The van der Waals surface area contributed by atoms with Crippen LogP contribution in [0.3, 0.4) is 0 Å². The van der Waals surface area contributed by atoms with E-state index in [2.05, 4.69) is 15.9 Å². The summed E-state index contributed by atoms with van der Waals surface area (Å²) in [4.78, 5) is 12.6. The van der Waals surface area contributed by atoms with E-state index in [1.807, 2.05) is 12.1 Å². The van der Waals surface area contributed by atoms with Gasteiger partial charge in [-0.3, -0.25) is 4.79 Å². The lowest BCUT2D eigenvalue weighted by Crippen LogP contribution is -2.08. The van der Waals surface area contributed by atoms with Crippen molar-refractivity contribution in [3.8, 4) is 11.5 Å².